The van der Waals surface area contributed by atoms with Gasteiger partial charge in [0.05, 0.1) is 22.4 Å². The maximum atomic E-state index is 13.5. The van der Waals surface area contributed by atoms with Gasteiger partial charge in [0, 0.05) is 21.5 Å². The SMILES string of the molecule is CCOC(=O)C1=C(C)N=c2s/c(=C\c3ccc(-c4cccc(Cl)c4)o3)c(=O)n2C1c1cccs1. The number of thiophene rings is 1. The monoisotopic (exact) mass is 510 g/mol. The van der Waals surface area contributed by atoms with Gasteiger partial charge in [0.2, 0.25) is 0 Å². The summed E-state index contributed by atoms with van der Waals surface area (Å²) in [5, 5.41) is 2.54. The molecule has 1 unspecified atom stereocenters. The standard InChI is InChI=1S/C25H19ClN2O4S2/c1-3-31-24(30)21-14(2)27-25-28(22(21)19-8-5-11-33-19)23(29)20(34-25)13-17-9-10-18(32-17)15-6-4-7-16(26)12-15/h4-13,22H,3H2,1-2H3/b20-13-. The van der Waals surface area contributed by atoms with Gasteiger partial charge in [-0.1, -0.05) is 41.1 Å². The van der Waals surface area contributed by atoms with Crippen LogP contribution in [0.5, 0.6) is 0 Å². The first-order valence-electron chi connectivity index (χ1n) is 10.5. The number of carbonyl (C=O) groups excluding carboxylic acids is 1. The number of carbonyl (C=O) groups is 1. The number of nitrogens with zero attached hydrogens (tertiary/aromatic N) is 2. The minimum atomic E-state index is -0.587. The number of furan rings is 1. The van der Waals surface area contributed by atoms with Crippen LogP contribution >= 0.6 is 34.3 Å². The van der Waals surface area contributed by atoms with Crippen molar-refractivity contribution in [1.82, 2.24) is 4.57 Å². The van der Waals surface area contributed by atoms with Gasteiger partial charge >= 0.3 is 5.97 Å². The predicted octanol–water partition coefficient (Wildman–Crippen LogP) is 4.77. The molecule has 1 aliphatic rings. The Bertz CT molecular complexity index is 1590. The Hall–Kier alpha value is -3.20. The van der Waals surface area contributed by atoms with Gasteiger partial charge < -0.3 is 9.15 Å². The van der Waals surface area contributed by atoms with E-state index in [-0.39, 0.29) is 12.2 Å². The van der Waals surface area contributed by atoms with Gasteiger partial charge in [-0.15, -0.1) is 11.3 Å². The second-order valence-corrected chi connectivity index (χ2v) is 9.95. The first-order chi connectivity index (χ1) is 16.5. The molecule has 1 aliphatic heterocycles. The molecule has 172 valence electrons. The third-order valence-electron chi connectivity index (χ3n) is 5.34. The molecule has 4 heterocycles. The molecule has 6 nitrogen and oxygen atoms in total. The highest BCUT2D eigenvalue weighted by atomic mass is 35.5. The van der Waals surface area contributed by atoms with Gasteiger partial charge in [0.15, 0.2) is 4.80 Å². The fourth-order valence-corrected chi connectivity index (χ4v) is 5.90. The first-order valence-corrected chi connectivity index (χ1v) is 12.6. The van der Waals surface area contributed by atoms with E-state index in [4.69, 9.17) is 20.8 Å². The van der Waals surface area contributed by atoms with Crippen LogP contribution in [-0.4, -0.2) is 17.1 Å². The maximum absolute atomic E-state index is 13.5. The zero-order valence-corrected chi connectivity index (χ0v) is 20.7. The van der Waals surface area contributed by atoms with Crippen LogP contribution in [0.15, 0.2) is 79.4 Å². The lowest BCUT2D eigenvalue weighted by Gasteiger charge is -2.23. The van der Waals surface area contributed by atoms with Crippen LogP contribution in [-0.2, 0) is 9.53 Å². The third kappa shape index (κ3) is 4.09. The minimum Gasteiger partial charge on any atom is -0.463 e. The van der Waals surface area contributed by atoms with E-state index >= 15 is 0 Å². The number of ether oxygens (including phenoxy) is 1. The zero-order valence-electron chi connectivity index (χ0n) is 18.3. The zero-order chi connectivity index (χ0) is 23.8. The summed E-state index contributed by atoms with van der Waals surface area (Å²) in [6, 6.07) is 14.2. The van der Waals surface area contributed by atoms with Crippen molar-refractivity contribution in [3.63, 3.8) is 0 Å². The largest absolute Gasteiger partial charge is 0.463 e. The maximum Gasteiger partial charge on any atom is 0.338 e. The number of fused-ring (bicyclic) bond motifs is 1. The number of thiazole rings is 1. The highest BCUT2D eigenvalue weighted by Crippen LogP contribution is 2.33. The van der Waals surface area contributed by atoms with Gasteiger partial charge in [0.25, 0.3) is 5.56 Å². The normalized spacial score (nSPS) is 15.9. The van der Waals surface area contributed by atoms with E-state index in [1.165, 1.54) is 22.7 Å². The summed E-state index contributed by atoms with van der Waals surface area (Å²) >= 11 is 8.84. The molecule has 0 saturated heterocycles. The third-order valence-corrected chi connectivity index (χ3v) is 7.48. The molecule has 3 aromatic heterocycles. The molecular formula is C25H19ClN2O4S2. The van der Waals surface area contributed by atoms with Gasteiger partial charge in [-0.2, -0.15) is 0 Å². The molecule has 34 heavy (non-hydrogen) atoms. The van der Waals surface area contributed by atoms with Gasteiger partial charge in [0.1, 0.15) is 17.6 Å². The summed E-state index contributed by atoms with van der Waals surface area (Å²) in [4.78, 5) is 32.3. The Morgan fingerprint density at radius 1 is 1.26 bits per heavy atom. The van der Waals surface area contributed by atoms with Crippen molar-refractivity contribution >= 4 is 46.3 Å². The first kappa shape index (κ1) is 22.6. The molecule has 0 radical (unpaired) electrons. The van der Waals surface area contributed by atoms with Crippen molar-refractivity contribution < 1.29 is 13.9 Å². The molecule has 0 bridgehead atoms. The summed E-state index contributed by atoms with van der Waals surface area (Å²) in [5.74, 6) is 0.723. The Morgan fingerprint density at radius 3 is 2.85 bits per heavy atom. The van der Waals surface area contributed by atoms with Crippen LogP contribution in [0.25, 0.3) is 17.4 Å². The topological polar surface area (TPSA) is 73.8 Å². The van der Waals surface area contributed by atoms with Crippen molar-refractivity contribution in [2.45, 2.75) is 19.9 Å². The van der Waals surface area contributed by atoms with Crippen LogP contribution in [0.1, 0.15) is 30.5 Å². The van der Waals surface area contributed by atoms with Crippen molar-refractivity contribution in [3.8, 4) is 11.3 Å². The molecule has 1 aromatic carbocycles. The van der Waals surface area contributed by atoms with Crippen LogP contribution in [0.4, 0.5) is 0 Å². The lowest BCUT2D eigenvalue weighted by molar-refractivity contribution is -0.139. The highest BCUT2D eigenvalue weighted by Gasteiger charge is 2.33. The lowest BCUT2D eigenvalue weighted by Crippen LogP contribution is -2.39. The van der Waals surface area contributed by atoms with E-state index in [0.29, 0.717) is 37.1 Å². The number of rotatable bonds is 5. The van der Waals surface area contributed by atoms with E-state index in [2.05, 4.69) is 4.99 Å². The number of halogens is 1. The summed E-state index contributed by atoms with van der Waals surface area (Å²) < 4.78 is 13.3. The van der Waals surface area contributed by atoms with Gasteiger partial charge in [-0.25, -0.2) is 9.79 Å². The Balaban J connectivity index is 1.62. The van der Waals surface area contributed by atoms with Crippen molar-refractivity contribution in [1.29, 1.82) is 0 Å². The number of benzene rings is 1. The molecule has 0 N–H and O–H groups in total. The average molecular weight is 511 g/mol. The van der Waals surface area contributed by atoms with E-state index in [1.807, 2.05) is 41.8 Å². The molecule has 1 atom stereocenters. The number of aromatic nitrogens is 1. The minimum absolute atomic E-state index is 0.239. The number of hydrogen-bond donors (Lipinski definition) is 0. The van der Waals surface area contributed by atoms with Crippen LogP contribution in [0, 0.1) is 0 Å². The number of hydrogen-bond acceptors (Lipinski definition) is 7. The van der Waals surface area contributed by atoms with Crippen molar-refractivity contribution in [2.24, 2.45) is 4.99 Å². The van der Waals surface area contributed by atoms with Crippen molar-refractivity contribution in [3.05, 3.63) is 101 Å². The second-order valence-electron chi connectivity index (χ2n) is 7.53. The van der Waals surface area contributed by atoms with Crippen molar-refractivity contribution in [2.75, 3.05) is 6.61 Å². The molecule has 0 saturated carbocycles. The van der Waals surface area contributed by atoms with Crippen LogP contribution < -0.4 is 14.9 Å². The molecule has 5 rings (SSSR count). The van der Waals surface area contributed by atoms with Crippen LogP contribution in [0.2, 0.25) is 5.02 Å². The fraction of sp³-hybridized carbons (Fsp3) is 0.160. The Kier molecular flexibility index (Phi) is 6.12. The van der Waals surface area contributed by atoms with E-state index in [0.717, 1.165) is 10.4 Å². The van der Waals surface area contributed by atoms with Crippen LogP contribution in [0.3, 0.4) is 0 Å². The fourth-order valence-electron chi connectivity index (χ4n) is 3.86. The summed E-state index contributed by atoms with van der Waals surface area (Å²) in [6.07, 6.45) is 1.70. The Labute approximate surface area is 207 Å². The molecule has 0 fully saturated rings. The molecular weight excluding hydrogens is 492 g/mol. The summed E-state index contributed by atoms with van der Waals surface area (Å²) in [6.45, 7) is 3.77. The predicted molar refractivity (Wildman–Crippen MR) is 134 cm³/mol. The summed E-state index contributed by atoms with van der Waals surface area (Å²) in [7, 11) is 0. The van der Waals surface area contributed by atoms with E-state index in [1.54, 1.807) is 36.6 Å². The average Bonchev–Trinajstić information content (AvgIpc) is 3.55. The number of esters is 1. The molecule has 9 heteroatoms. The van der Waals surface area contributed by atoms with E-state index < -0.39 is 12.0 Å². The quantitative estimate of drug-likeness (QED) is 0.362. The van der Waals surface area contributed by atoms with Gasteiger partial charge in [-0.05, 0) is 49.6 Å². The summed E-state index contributed by atoms with van der Waals surface area (Å²) in [5.41, 5.74) is 1.54. The molecule has 4 aromatic rings. The number of allylic oxidation sites excluding steroid dienone is 1. The molecule has 0 amide bonds. The molecule has 0 aliphatic carbocycles. The van der Waals surface area contributed by atoms with E-state index in [9.17, 15) is 9.59 Å². The lowest BCUT2D eigenvalue weighted by atomic mass is 10.0. The molecule has 0 spiro atoms. The second kappa shape index (κ2) is 9.21. The Morgan fingerprint density at radius 2 is 2.12 bits per heavy atom. The highest BCUT2D eigenvalue weighted by molar-refractivity contribution is 7.10. The smallest absolute Gasteiger partial charge is 0.338 e. The van der Waals surface area contributed by atoms with Gasteiger partial charge in [-0.3, -0.25) is 9.36 Å².